The lowest BCUT2D eigenvalue weighted by Crippen LogP contribution is -2.16. The molecule has 0 fully saturated rings. The fourth-order valence-electron chi connectivity index (χ4n) is 3.39. The van der Waals surface area contributed by atoms with Crippen LogP contribution in [0.2, 0.25) is 5.02 Å². The van der Waals surface area contributed by atoms with E-state index in [2.05, 4.69) is 30.5 Å². The Labute approximate surface area is 125 Å². The maximum absolute atomic E-state index is 10.2. The van der Waals surface area contributed by atoms with Crippen LogP contribution in [0, 0.1) is 6.92 Å². The molecule has 1 heterocycles. The summed E-state index contributed by atoms with van der Waals surface area (Å²) >= 11 is 6.34. The second-order valence-corrected chi connectivity index (χ2v) is 6.07. The van der Waals surface area contributed by atoms with E-state index >= 15 is 0 Å². The third kappa shape index (κ3) is 2.17. The summed E-state index contributed by atoms with van der Waals surface area (Å²) < 4.78 is 2.33. The molecule has 1 aromatic heterocycles. The van der Waals surface area contributed by atoms with Gasteiger partial charge in [-0.15, -0.1) is 0 Å². The third-order valence-electron chi connectivity index (χ3n) is 4.36. The Morgan fingerprint density at radius 2 is 2.10 bits per heavy atom. The highest BCUT2D eigenvalue weighted by molar-refractivity contribution is 6.31. The van der Waals surface area contributed by atoms with Crippen molar-refractivity contribution in [3.8, 4) is 0 Å². The van der Waals surface area contributed by atoms with Crippen molar-refractivity contribution in [1.82, 2.24) is 4.57 Å². The van der Waals surface area contributed by atoms with Gasteiger partial charge < -0.3 is 9.67 Å². The van der Waals surface area contributed by atoms with Crippen LogP contribution in [0.4, 0.5) is 0 Å². The Kier molecular flexibility index (Phi) is 3.61. The minimum absolute atomic E-state index is 0.192. The Morgan fingerprint density at radius 1 is 1.35 bits per heavy atom. The summed E-state index contributed by atoms with van der Waals surface area (Å²) in [5, 5.41) is 11.0. The smallest absolute Gasteiger partial charge is 0.0807 e. The van der Waals surface area contributed by atoms with Crippen molar-refractivity contribution in [2.75, 3.05) is 0 Å². The standard InChI is InChI=1S/C17H20ClNO/c1-11-10-14-16(8-5-9-17(14)20)19(11)12(2)13-6-3-4-7-15(13)18/h3-4,6-7,10,12,17,20H,5,8-9H2,1-2H3. The molecule has 1 N–H and O–H groups in total. The van der Waals surface area contributed by atoms with Gasteiger partial charge in [-0.1, -0.05) is 29.8 Å². The van der Waals surface area contributed by atoms with Crippen LogP contribution < -0.4 is 0 Å². The molecule has 0 saturated heterocycles. The molecule has 2 aromatic rings. The zero-order valence-electron chi connectivity index (χ0n) is 11.9. The van der Waals surface area contributed by atoms with Crippen LogP contribution in [0.3, 0.4) is 0 Å². The minimum Gasteiger partial charge on any atom is -0.388 e. The minimum atomic E-state index is -0.308. The average Bonchev–Trinajstić information content (AvgIpc) is 2.76. The van der Waals surface area contributed by atoms with Crippen molar-refractivity contribution in [3.63, 3.8) is 0 Å². The van der Waals surface area contributed by atoms with E-state index in [1.54, 1.807) is 0 Å². The topological polar surface area (TPSA) is 25.2 Å². The molecule has 2 atom stereocenters. The first-order chi connectivity index (χ1) is 9.59. The van der Waals surface area contributed by atoms with E-state index in [4.69, 9.17) is 11.6 Å². The molecule has 1 aliphatic rings. The van der Waals surface area contributed by atoms with Gasteiger partial charge in [-0.25, -0.2) is 0 Å². The van der Waals surface area contributed by atoms with E-state index in [-0.39, 0.29) is 12.1 Å². The number of aliphatic hydroxyl groups is 1. The van der Waals surface area contributed by atoms with Crippen molar-refractivity contribution in [1.29, 1.82) is 0 Å². The summed E-state index contributed by atoms with van der Waals surface area (Å²) in [5.41, 5.74) is 4.71. The Hall–Kier alpha value is -1.25. The molecule has 0 saturated carbocycles. The number of nitrogens with zero attached hydrogens (tertiary/aromatic N) is 1. The molecule has 3 rings (SSSR count). The summed E-state index contributed by atoms with van der Waals surface area (Å²) in [5.74, 6) is 0. The number of fused-ring (bicyclic) bond motifs is 1. The summed E-state index contributed by atoms with van der Waals surface area (Å²) in [7, 11) is 0. The van der Waals surface area contributed by atoms with Gasteiger partial charge in [0.15, 0.2) is 0 Å². The number of hydrogen-bond acceptors (Lipinski definition) is 1. The lowest BCUT2D eigenvalue weighted by molar-refractivity contribution is 0.155. The molecule has 0 amide bonds. The third-order valence-corrected chi connectivity index (χ3v) is 4.71. The fourth-order valence-corrected chi connectivity index (χ4v) is 3.69. The Morgan fingerprint density at radius 3 is 2.85 bits per heavy atom. The van der Waals surface area contributed by atoms with E-state index in [1.165, 1.54) is 11.4 Å². The lowest BCUT2D eigenvalue weighted by atomic mass is 9.95. The zero-order chi connectivity index (χ0) is 14.3. The quantitative estimate of drug-likeness (QED) is 0.869. The number of hydrogen-bond donors (Lipinski definition) is 1. The van der Waals surface area contributed by atoms with Crippen LogP contribution in [-0.4, -0.2) is 9.67 Å². The van der Waals surface area contributed by atoms with Crippen LogP contribution in [0.1, 0.15) is 54.4 Å². The van der Waals surface area contributed by atoms with E-state index in [0.29, 0.717) is 0 Å². The van der Waals surface area contributed by atoms with Crippen LogP contribution >= 0.6 is 11.6 Å². The molecule has 20 heavy (non-hydrogen) atoms. The summed E-state index contributed by atoms with van der Waals surface area (Å²) in [6.45, 7) is 4.29. The SMILES string of the molecule is Cc1cc2c(n1C(C)c1ccccc1Cl)CCCC2O. The Balaban J connectivity index is 2.09. The van der Waals surface area contributed by atoms with Crippen molar-refractivity contribution in [2.24, 2.45) is 0 Å². The molecule has 0 bridgehead atoms. The number of halogens is 1. The zero-order valence-corrected chi connectivity index (χ0v) is 12.7. The van der Waals surface area contributed by atoms with Crippen LogP contribution in [0.15, 0.2) is 30.3 Å². The molecular weight excluding hydrogens is 270 g/mol. The van der Waals surface area contributed by atoms with Crippen molar-refractivity contribution in [3.05, 3.63) is 57.9 Å². The highest BCUT2D eigenvalue weighted by Crippen LogP contribution is 2.36. The first-order valence-electron chi connectivity index (χ1n) is 7.22. The molecule has 1 aliphatic carbocycles. The molecular formula is C17H20ClNO. The van der Waals surface area contributed by atoms with Gasteiger partial charge in [0.25, 0.3) is 0 Å². The maximum Gasteiger partial charge on any atom is 0.0807 e. The molecule has 2 unspecified atom stereocenters. The van der Waals surface area contributed by atoms with Gasteiger partial charge in [0, 0.05) is 22.0 Å². The molecule has 0 spiro atoms. The van der Waals surface area contributed by atoms with Gasteiger partial charge in [-0.05, 0) is 50.8 Å². The number of aromatic nitrogens is 1. The highest BCUT2D eigenvalue weighted by Gasteiger charge is 2.25. The second-order valence-electron chi connectivity index (χ2n) is 5.66. The van der Waals surface area contributed by atoms with E-state index < -0.39 is 0 Å². The summed E-state index contributed by atoms with van der Waals surface area (Å²) in [4.78, 5) is 0. The van der Waals surface area contributed by atoms with Crippen molar-refractivity contribution in [2.45, 2.75) is 45.3 Å². The first-order valence-corrected chi connectivity index (χ1v) is 7.60. The van der Waals surface area contributed by atoms with Crippen molar-refractivity contribution < 1.29 is 5.11 Å². The van der Waals surface area contributed by atoms with Gasteiger partial charge in [-0.3, -0.25) is 0 Å². The predicted octanol–water partition coefficient (Wildman–Crippen LogP) is 4.43. The molecule has 1 aromatic carbocycles. The highest BCUT2D eigenvalue weighted by atomic mass is 35.5. The first kappa shape index (κ1) is 13.7. The molecule has 0 radical (unpaired) electrons. The van der Waals surface area contributed by atoms with Gasteiger partial charge in [0.05, 0.1) is 12.1 Å². The summed E-state index contributed by atoms with van der Waals surface area (Å²) in [6, 6.07) is 10.3. The summed E-state index contributed by atoms with van der Waals surface area (Å²) in [6.07, 6.45) is 2.65. The molecule has 3 heteroatoms. The largest absolute Gasteiger partial charge is 0.388 e. The van der Waals surface area contributed by atoms with Gasteiger partial charge >= 0.3 is 0 Å². The molecule has 0 aliphatic heterocycles. The van der Waals surface area contributed by atoms with E-state index in [1.807, 2.05) is 18.2 Å². The fraction of sp³-hybridized carbons (Fsp3) is 0.412. The van der Waals surface area contributed by atoms with E-state index in [0.717, 1.165) is 35.4 Å². The van der Waals surface area contributed by atoms with Crippen molar-refractivity contribution >= 4 is 11.6 Å². The molecule has 2 nitrogen and oxygen atoms in total. The average molecular weight is 290 g/mol. The lowest BCUT2D eigenvalue weighted by Gasteiger charge is -2.25. The normalized spacial score (nSPS) is 19.7. The maximum atomic E-state index is 10.2. The van der Waals surface area contributed by atoms with Crippen LogP contribution in [0.5, 0.6) is 0 Å². The number of aryl methyl sites for hydroxylation is 1. The van der Waals surface area contributed by atoms with Crippen LogP contribution in [0.25, 0.3) is 0 Å². The van der Waals surface area contributed by atoms with Gasteiger partial charge in [0.2, 0.25) is 0 Å². The predicted molar refractivity (Wildman–Crippen MR) is 82.3 cm³/mol. The van der Waals surface area contributed by atoms with E-state index in [9.17, 15) is 5.11 Å². The Bertz CT molecular complexity index is 632. The monoisotopic (exact) mass is 289 g/mol. The van der Waals surface area contributed by atoms with Crippen LogP contribution in [-0.2, 0) is 6.42 Å². The van der Waals surface area contributed by atoms with Gasteiger partial charge in [0.1, 0.15) is 0 Å². The second kappa shape index (κ2) is 5.27. The molecule has 106 valence electrons. The van der Waals surface area contributed by atoms with Gasteiger partial charge in [-0.2, -0.15) is 0 Å². The number of benzene rings is 1. The number of aliphatic hydroxyl groups excluding tert-OH is 1. The number of rotatable bonds is 2.